The number of ether oxygens (including phenoxy) is 1. The number of nitrogens with zero attached hydrogens (tertiary/aromatic N) is 1. The first kappa shape index (κ1) is 24.1. The zero-order chi connectivity index (χ0) is 22.8. The van der Waals surface area contributed by atoms with Crippen LogP contribution in [0.3, 0.4) is 0 Å². The molecular weight excluding hydrogens is 468 g/mol. The molecule has 3 atom stereocenters. The van der Waals surface area contributed by atoms with E-state index in [1.807, 2.05) is 19.2 Å². The molecule has 184 valence electrons. The Morgan fingerprint density at radius 2 is 1.68 bits per heavy atom. The van der Waals surface area contributed by atoms with E-state index < -0.39 is 10.0 Å². The van der Waals surface area contributed by atoms with Crippen molar-refractivity contribution in [3.8, 4) is 0 Å². The van der Waals surface area contributed by atoms with Crippen LogP contribution >= 0.6 is 12.4 Å². The summed E-state index contributed by atoms with van der Waals surface area (Å²) in [7, 11) is -1.37. The van der Waals surface area contributed by atoms with Gasteiger partial charge >= 0.3 is 0 Å². The molecule has 1 heterocycles. The Bertz CT molecular complexity index is 1140. The molecule has 5 nitrogen and oxygen atoms in total. The maximum atomic E-state index is 12.4. The molecule has 7 heteroatoms. The lowest BCUT2D eigenvalue weighted by atomic mass is 9.87. The van der Waals surface area contributed by atoms with Crippen molar-refractivity contribution in [2.45, 2.75) is 55.3 Å². The number of sulfonamides is 1. The number of benzene rings is 2. The average Bonchev–Trinajstić information content (AvgIpc) is 3.68. The van der Waals surface area contributed by atoms with Crippen LogP contribution < -0.4 is 4.72 Å². The highest BCUT2D eigenvalue weighted by molar-refractivity contribution is 7.93. The van der Waals surface area contributed by atoms with Crippen molar-refractivity contribution in [2.24, 2.45) is 11.8 Å². The topological polar surface area (TPSA) is 58.6 Å². The smallest absolute Gasteiger partial charge is 0.235 e. The van der Waals surface area contributed by atoms with Gasteiger partial charge in [-0.25, -0.2) is 8.42 Å². The summed E-state index contributed by atoms with van der Waals surface area (Å²) in [5.74, 6) is 1.27. The number of piperidine rings is 1. The first-order chi connectivity index (χ1) is 15.9. The number of halogens is 1. The predicted octanol–water partition coefficient (Wildman–Crippen LogP) is 4.41. The zero-order valence-corrected chi connectivity index (χ0v) is 21.6. The van der Waals surface area contributed by atoms with E-state index >= 15 is 0 Å². The Labute approximate surface area is 209 Å². The molecule has 0 aromatic heterocycles. The summed E-state index contributed by atoms with van der Waals surface area (Å²) in [5.41, 5.74) is 4.93. The summed E-state index contributed by atoms with van der Waals surface area (Å²) in [4.78, 5) is 2.61. The third kappa shape index (κ3) is 3.87. The van der Waals surface area contributed by atoms with Crippen molar-refractivity contribution in [1.82, 2.24) is 4.90 Å². The van der Waals surface area contributed by atoms with E-state index in [0.29, 0.717) is 11.8 Å². The fourth-order valence-corrected chi connectivity index (χ4v) is 8.37. The normalized spacial score (nSPS) is 29.2. The number of nitrogens with one attached hydrogen (secondary N) is 1. The quantitative estimate of drug-likeness (QED) is 0.581. The van der Waals surface area contributed by atoms with Gasteiger partial charge in [0.15, 0.2) is 0 Å². The molecule has 34 heavy (non-hydrogen) atoms. The van der Waals surface area contributed by atoms with Crippen LogP contribution in [0.15, 0.2) is 48.5 Å². The minimum atomic E-state index is -3.23. The lowest BCUT2D eigenvalue weighted by Gasteiger charge is -2.35. The maximum Gasteiger partial charge on any atom is 0.235 e. The van der Waals surface area contributed by atoms with Crippen LogP contribution in [0.1, 0.15) is 42.9 Å². The Kier molecular flexibility index (Phi) is 6.03. The SMILES string of the molecule is CCC1(c2cccc(NS(=O)(=O)C3CC3)c2)[C@@H]2CN(CC3(OC)Cc4ccccc4C3)C[C@@H]21.Cl. The van der Waals surface area contributed by atoms with Gasteiger partial charge in [-0.2, -0.15) is 0 Å². The van der Waals surface area contributed by atoms with E-state index in [9.17, 15) is 8.42 Å². The Hall–Kier alpha value is -1.60. The molecule has 0 amide bonds. The molecule has 1 N–H and O–H groups in total. The monoisotopic (exact) mass is 502 g/mol. The highest BCUT2D eigenvalue weighted by atomic mass is 35.5. The summed E-state index contributed by atoms with van der Waals surface area (Å²) in [6, 6.07) is 16.9. The molecule has 0 spiro atoms. The minimum Gasteiger partial charge on any atom is -0.376 e. The lowest BCUT2D eigenvalue weighted by Crippen LogP contribution is -2.46. The van der Waals surface area contributed by atoms with Crippen molar-refractivity contribution in [3.05, 3.63) is 65.2 Å². The second kappa shape index (κ2) is 8.51. The number of anilines is 1. The van der Waals surface area contributed by atoms with Crippen LogP contribution in [0.5, 0.6) is 0 Å². The Morgan fingerprint density at radius 3 is 2.24 bits per heavy atom. The molecule has 1 aliphatic heterocycles. The van der Waals surface area contributed by atoms with Crippen molar-refractivity contribution in [3.63, 3.8) is 0 Å². The third-order valence-electron chi connectivity index (χ3n) is 8.91. The van der Waals surface area contributed by atoms with Crippen LogP contribution in [-0.2, 0) is 33.0 Å². The number of hydrogen-bond acceptors (Lipinski definition) is 4. The van der Waals surface area contributed by atoms with Gasteiger partial charge < -0.3 is 4.74 Å². The highest BCUT2D eigenvalue weighted by Gasteiger charge is 2.67. The van der Waals surface area contributed by atoms with Gasteiger partial charge in [-0.1, -0.05) is 43.3 Å². The van der Waals surface area contributed by atoms with Gasteiger partial charge in [0.2, 0.25) is 10.0 Å². The predicted molar refractivity (Wildman–Crippen MR) is 138 cm³/mol. The van der Waals surface area contributed by atoms with Gasteiger partial charge in [-0.15, -0.1) is 12.4 Å². The van der Waals surface area contributed by atoms with Crippen LogP contribution in [0.25, 0.3) is 0 Å². The number of methoxy groups -OCH3 is 1. The summed E-state index contributed by atoms with van der Waals surface area (Å²) < 4.78 is 33.8. The van der Waals surface area contributed by atoms with E-state index in [-0.39, 0.29) is 28.7 Å². The lowest BCUT2D eigenvalue weighted by molar-refractivity contribution is -0.0276. The van der Waals surface area contributed by atoms with Crippen molar-refractivity contribution in [1.29, 1.82) is 0 Å². The second-order valence-corrected chi connectivity index (χ2v) is 12.7. The van der Waals surface area contributed by atoms with Crippen LogP contribution in [0, 0.1) is 11.8 Å². The molecule has 1 unspecified atom stereocenters. The molecule has 0 radical (unpaired) electrons. The Balaban J connectivity index is 0.00000241. The molecule has 4 aliphatic rings. The molecule has 2 saturated carbocycles. The summed E-state index contributed by atoms with van der Waals surface area (Å²) in [5, 5.41) is -0.204. The maximum absolute atomic E-state index is 12.4. The largest absolute Gasteiger partial charge is 0.376 e. The summed E-state index contributed by atoms with van der Waals surface area (Å²) >= 11 is 0. The van der Waals surface area contributed by atoms with E-state index in [4.69, 9.17) is 4.74 Å². The van der Waals surface area contributed by atoms with Crippen LogP contribution in [-0.4, -0.2) is 50.9 Å². The molecule has 2 aromatic carbocycles. The van der Waals surface area contributed by atoms with E-state index in [0.717, 1.165) is 57.4 Å². The van der Waals surface area contributed by atoms with Crippen molar-refractivity contribution >= 4 is 28.1 Å². The summed E-state index contributed by atoms with van der Waals surface area (Å²) in [6.07, 6.45) is 4.64. The molecule has 1 saturated heterocycles. The minimum absolute atomic E-state index is 0. The molecule has 0 bridgehead atoms. The summed E-state index contributed by atoms with van der Waals surface area (Å²) in [6.45, 7) is 5.45. The number of rotatable bonds is 8. The van der Waals surface area contributed by atoms with Gasteiger partial charge in [-0.05, 0) is 59.9 Å². The van der Waals surface area contributed by atoms with E-state index in [2.05, 4.69) is 52.9 Å². The van der Waals surface area contributed by atoms with Gasteiger partial charge in [-0.3, -0.25) is 9.62 Å². The van der Waals surface area contributed by atoms with Crippen molar-refractivity contribution < 1.29 is 13.2 Å². The average molecular weight is 503 g/mol. The fraction of sp³-hybridized carbons (Fsp3) is 0.556. The van der Waals surface area contributed by atoms with Crippen LogP contribution in [0.4, 0.5) is 5.69 Å². The zero-order valence-electron chi connectivity index (χ0n) is 20.0. The second-order valence-electron chi connectivity index (χ2n) is 10.7. The highest BCUT2D eigenvalue weighted by Crippen LogP contribution is 2.65. The first-order valence-corrected chi connectivity index (χ1v) is 13.9. The van der Waals surface area contributed by atoms with Gasteiger partial charge in [0, 0.05) is 50.7 Å². The Morgan fingerprint density at radius 1 is 1.03 bits per heavy atom. The molecule has 6 rings (SSSR count). The molecule has 3 aliphatic carbocycles. The number of hydrogen-bond donors (Lipinski definition) is 1. The standard InChI is InChI=1S/C27H34N2O3S.ClH/c1-3-27(21-9-6-10-22(13-21)28-33(30,31)23-11-12-23)24-16-29(17-25(24)27)18-26(32-2)14-19-7-4-5-8-20(19)15-26;/h4-10,13,23-25,28H,3,11-12,14-18H2,1-2H3;1H/t24-,25+,27?;. The van der Waals surface area contributed by atoms with E-state index in [1.54, 1.807) is 0 Å². The molecular formula is C27H35ClN2O3S. The first-order valence-electron chi connectivity index (χ1n) is 12.4. The molecule has 3 fully saturated rings. The van der Waals surface area contributed by atoms with E-state index in [1.165, 1.54) is 16.7 Å². The fourth-order valence-electron chi connectivity index (χ4n) is 6.99. The molecule has 2 aromatic rings. The number of fused-ring (bicyclic) bond motifs is 2. The number of likely N-dealkylation sites (tertiary alicyclic amines) is 1. The van der Waals surface area contributed by atoms with Gasteiger partial charge in [0.25, 0.3) is 0 Å². The van der Waals surface area contributed by atoms with Crippen LogP contribution in [0.2, 0.25) is 0 Å². The van der Waals surface area contributed by atoms with Crippen molar-refractivity contribution in [2.75, 3.05) is 31.5 Å². The third-order valence-corrected chi connectivity index (χ3v) is 10.8. The van der Waals surface area contributed by atoms with Gasteiger partial charge in [0.05, 0.1) is 10.9 Å². The van der Waals surface area contributed by atoms with Gasteiger partial charge in [0.1, 0.15) is 0 Å².